The number of hydrogen-bond acceptors (Lipinski definition) is 3. The van der Waals surface area contributed by atoms with Gasteiger partial charge in [-0.25, -0.2) is 0 Å². The van der Waals surface area contributed by atoms with E-state index >= 15 is 0 Å². The van der Waals surface area contributed by atoms with Crippen molar-refractivity contribution in [3.05, 3.63) is 17.0 Å². The topological polar surface area (TPSA) is 74.5 Å². The van der Waals surface area contributed by atoms with Crippen LogP contribution in [0.4, 0.5) is 0 Å². The molecule has 0 aliphatic carbocycles. The van der Waals surface area contributed by atoms with E-state index in [9.17, 15) is 5.11 Å². The van der Waals surface area contributed by atoms with Crippen LogP contribution in [0.3, 0.4) is 0 Å². The average molecular weight is 352 g/mol. The predicted octanol–water partition coefficient (Wildman–Crippen LogP) is 2.32. The molecular formula is C19H37N5O. The molecule has 0 saturated heterocycles. The van der Waals surface area contributed by atoms with Crippen LogP contribution in [0.15, 0.2) is 4.99 Å². The molecule has 6 nitrogen and oxygen atoms in total. The Kier molecular flexibility index (Phi) is 9.57. The third-order valence-corrected chi connectivity index (χ3v) is 4.64. The lowest BCUT2D eigenvalue weighted by molar-refractivity contribution is 0.253. The van der Waals surface area contributed by atoms with Crippen LogP contribution in [0.25, 0.3) is 0 Å². The zero-order valence-corrected chi connectivity index (χ0v) is 16.9. The van der Waals surface area contributed by atoms with Gasteiger partial charge in [-0.15, -0.1) is 0 Å². The monoisotopic (exact) mass is 351 g/mol. The van der Waals surface area contributed by atoms with E-state index < -0.39 is 0 Å². The second-order valence-electron chi connectivity index (χ2n) is 6.91. The molecule has 0 aromatic carbocycles. The molecule has 144 valence electrons. The minimum absolute atomic E-state index is 0.236. The molecule has 0 spiro atoms. The van der Waals surface area contributed by atoms with Crippen molar-refractivity contribution in [1.82, 2.24) is 20.4 Å². The summed E-state index contributed by atoms with van der Waals surface area (Å²) in [4.78, 5) is 4.75. The number of aliphatic hydroxyl groups is 1. The van der Waals surface area contributed by atoms with Gasteiger partial charge in [0.1, 0.15) is 0 Å². The first-order chi connectivity index (χ1) is 11.9. The first kappa shape index (κ1) is 21.5. The Morgan fingerprint density at radius 2 is 2.00 bits per heavy atom. The van der Waals surface area contributed by atoms with Crippen molar-refractivity contribution < 1.29 is 5.11 Å². The molecule has 1 aromatic heterocycles. The molecule has 0 aliphatic rings. The molecular weight excluding hydrogens is 314 g/mol. The van der Waals surface area contributed by atoms with E-state index in [0.717, 1.165) is 50.4 Å². The van der Waals surface area contributed by atoms with E-state index in [0.29, 0.717) is 5.92 Å². The van der Waals surface area contributed by atoms with Gasteiger partial charge in [-0.2, -0.15) is 5.10 Å². The second-order valence-corrected chi connectivity index (χ2v) is 6.91. The molecule has 0 radical (unpaired) electrons. The summed E-state index contributed by atoms with van der Waals surface area (Å²) in [6.45, 7) is 12.4. The summed E-state index contributed by atoms with van der Waals surface area (Å²) in [7, 11) is 1.99. The molecule has 0 bridgehead atoms. The van der Waals surface area contributed by atoms with Gasteiger partial charge in [-0.3, -0.25) is 9.67 Å². The van der Waals surface area contributed by atoms with Crippen molar-refractivity contribution in [3.8, 4) is 0 Å². The molecule has 2 unspecified atom stereocenters. The van der Waals surface area contributed by atoms with Crippen molar-refractivity contribution in [2.75, 3.05) is 19.7 Å². The van der Waals surface area contributed by atoms with Gasteiger partial charge in [0.2, 0.25) is 0 Å². The molecule has 2 atom stereocenters. The number of nitrogens with zero attached hydrogens (tertiary/aromatic N) is 3. The fraction of sp³-hybridized carbons (Fsp3) is 0.789. The SMILES string of the molecule is CCCC(CCO)CN=C(NCC)NC(C)Cc1c(C)nn(C)c1C. The van der Waals surface area contributed by atoms with E-state index in [1.807, 2.05) is 11.7 Å². The zero-order chi connectivity index (χ0) is 18.8. The van der Waals surface area contributed by atoms with Crippen molar-refractivity contribution in [3.63, 3.8) is 0 Å². The van der Waals surface area contributed by atoms with Crippen LogP contribution < -0.4 is 10.6 Å². The Morgan fingerprint density at radius 3 is 2.52 bits per heavy atom. The van der Waals surface area contributed by atoms with Gasteiger partial charge in [-0.05, 0) is 58.4 Å². The number of aliphatic imine (C=N–C) groups is 1. The van der Waals surface area contributed by atoms with Gasteiger partial charge >= 0.3 is 0 Å². The van der Waals surface area contributed by atoms with Crippen LogP contribution in [-0.4, -0.2) is 46.6 Å². The van der Waals surface area contributed by atoms with Crippen molar-refractivity contribution in [1.29, 1.82) is 0 Å². The maximum Gasteiger partial charge on any atom is 0.191 e. The molecule has 1 heterocycles. The molecule has 0 fully saturated rings. The highest BCUT2D eigenvalue weighted by Gasteiger charge is 2.14. The maximum absolute atomic E-state index is 9.21. The minimum Gasteiger partial charge on any atom is -0.396 e. The summed E-state index contributed by atoms with van der Waals surface area (Å²) in [5.74, 6) is 1.30. The zero-order valence-electron chi connectivity index (χ0n) is 16.9. The van der Waals surface area contributed by atoms with E-state index in [1.54, 1.807) is 0 Å². The Labute approximate surface area is 153 Å². The van der Waals surface area contributed by atoms with Crippen LogP contribution in [0.5, 0.6) is 0 Å². The average Bonchev–Trinajstić information content (AvgIpc) is 2.79. The number of nitrogens with one attached hydrogen (secondary N) is 2. The van der Waals surface area contributed by atoms with Crippen LogP contribution >= 0.6 is 0 Å². The number of aryl methyl sites for hydroxylation is 2. The van der Waals surface area contributed by atoms with E-state index in [2.05, 4.69) is 50.4 Å². The van der Waals surface area contributed by atoms with Gasteiger partial charge in [0.25, 0.3) is 0 Å². The van der Waals surface area contributed by atoms with Crippen molar-refractivity contribution in [2.24, 2.45) is 18.0 Å². The fourth-order valence-corrected chi connectivity index (χ4v) is 3.16. The smallest absolute Gasteiger partial charge is 0.191 e. The molecule has 25 heavy (non-hydrogen) atoms. The minimum atomic E-state index is 0.236. The lowest BCUT2D eigenvalue weighted by Crippen LogP contribution is -2.43. The number of aromatic nitrogens is 2. The third kappa shape index (κ3) is 7.06. The van der Waals surface area contributed by atoms with E-state index in [4.69, 9.17) is 4.99 Å². The predicted molar refractivity (Wildman–Crippen MR) is 105 cm³/mol. The van der Waals surface area contributed by atoms with Gasteiger partial charge in [0.05, 0.1) is 5.69 Å². The van der Waals surface area contributed by atoms with E-state index in [-0.39, 0.29) is 12.6 Å². The molecule has 3 N–H and O–H groups in total. The van der Waals surface area contributed by atoms with Crippen LogP contribution in [-0.2, 0) is 13.5 Å². The number of rotatable bonds is 10. The van der Waals surface area contributed by atoms with Crippen molar-refractivity contribution in [2.45, 2.75) is 66.3 Å². The van der Waals surface area contributed by atoms with Gasteiger partial charge < -0.3 is 15.7 Å². The number of guanidine groups is 1. The van der Waals surface area contributed by atoms with Crippen LogP contribution in [0.1, 0.15) is 57.0 Å². The Balaban J connectivity index is 2.70. The molecule has 0 amide bonds. The fourth-order valence-electron chi connectivity index (χ4n) is 3.16. The number of aliphatic hydroxyl groups excluding tert-OH is 1. The van der Waals surface area contributed by atoms with Gasteiger partial charge in [-0.1, -0.05) is 13.3 Å². The lowest BCUT2D eigenvalue weighted by atomic mass is 10.0. The standard InChI is InChI=1S/C19H37N5O/c1-7-9-17(10-11-25)13-21-19(20-8-2)22-14(3)12-18-15(4)23-24(6)16(18)5/h14,17,25H,7-13H2,1-6H3,(H2,20,21,22). The highest BCUT2D eigenvalue weighted by Crippen LogP contribution is 2.14. The highest BCUT2D eigenvalue weighted by molar-refractivity contribution is 5.80. The Bertz CT molecular complexity index is 532. The lowest BCUT2D eigenvalue weighted by Gasteiger charge is -2.19. The normalized spacial score (nSPS) is 14.4. The Morgan fingerprint density at radius 1 is 1.28 bits per heavy atom. The molecule has 1 aromatic rings. The molecule has 1 rings (SSSR count). The molecule has 6 heteroatoms. The highest BCUT2D eigenvalue weighted by atomic mass is 16.3. The Hall–Kier alpha value is -1.56. The third-order valence-electron chi connectivity index (χ3n) is 4.64. The van der Waals surface area contributed by atoms with Gasteiger partial charge in [0.15, 0.2) is 5.96 Å². The largest absolute Gasteiger partial charge is 0.396 e. The number of hydrogen-bond donors (Lipinski definition) is 3. The van der Waals surface area contributed by atoms with Crippen molar-refractivity contribution >= 4 is 5.96 Å². The summed E-state index contributed by atoms with van der Waals surface area (Å²) in [5.41, 5.74) is 3.63. The maximum atomic E-state index is 9.21. The molecule has 0 aliphatic heterocycles. The second kappa shape index (κ2) is 11.1. The summed E-state index contributed by atoms with van der Waals surface area (Å²) >= 11 is 0. The summed E-state index contributed by atoms with van der Waals surface area (Å²) in [6, 6.07) is 0.266. The molecule has 0 saturated carbocycles. The van der Waals surface area contributed by atoms with Crippen LogP contribution in [0.2, 0.25) is 0 Å². The van der Waals surface area contributed by atoms with Crippen LogP contribution in [0, 0.1) is 19.8 Å². The first-order valence-electron chi connectivity index (χ1n) is 9.57. The first-order valence-corrected chi connectivity index (χ1v) is 9.57. The quantitative estimate of drug-likeness (QED) is 0.447. The summed E-state index contributed by atoms with van der Waals surface area (Å²) < 4.78 is 1.95. The summed E-state index contributed by atoms with van der Waals surface area (Å²) in [6.07, 6.45) is 3.97. The van der Waals surface area contributed by atoms with E-state index in [1.165, 1.54) is 11.3 Å². The summed E-state index contributed by atoms with van der Waals surface area (Å²) in [5, 5.41) is 20.5. The van der Waals surface area contributed by atoms with Gasteiger partial charge in [0, 0.05) is 38.5 Å².